The molecule has 6 heteroatoms. The van der Waals surface area contributed by atoms with E-state index >= 15 is 0 Å². The van der Waals surface area contributed by atoms with Gasteiger partial charge in [0.2, 0.25) is 0 Å². The zero-order valence-electron chi connectivity index (χ0n) is 15.8. The molecule has 4 rings (SSSR count). The third-order valence-corrected chi connectivity index (χ3v) is 6.09. The second kappa shape index (κ2) is 8.27. The Balaban J connectivity index is 1.45. The lowest BCUT2D eigenvalue weighted by atomic mass is 9.88. The van der Waals surface area contributed by atoms with Gasteiger partial charge in [-0.3, -0.25) is 4.79 Å². The Kier molecular flexibility index (Phi) is 5.57. The standard InChI is InChI=1S/C22H23FN2O2S/c1-2-3-4-5-14-12-24-18-8-7-16(11-17(18)22(14)26)27-13-21-25-19-10-15(23)6-9-20(19)28-21/h6-11,14,24H,2-5,12-13H2,1H3. The van der Waals surface area contributed by atoms with Gasteiger partial charge in [0.1, 0.15) is 23.2 Å². The molecule has 146 valence electrons. The second-order valence-electron chi connectivity index (χ2n) is 7.15. The number of thiazole rings is 1. The summed E-state index contributed by atoms with van der Waals surface area (Å²) in [5.41, 5.74) is 2.22. The number of hydrogen-bond donors (Lipinski definition) is 1. The van der Waals surface area contributed by atoms with Crippen molar-refractivity contribution < 1.29 is 13.9 Å². The van der Waals surface area contributed by atoms with Gasteiger partial charge in [-0.15, -0.1) is 11.3 Å². The van der Waals surface area contributed by atoms with E-state index < -0.39 is 0 Å². The number of carbonyl (C=O) groups is 1. The average molecular weight is 399 g/mol. The number of anilines is 1. The van der Waals surface area contributed by atoms with Crippen LogP contribution < -0.4 is 10.1 Å². The van der Waals surface area contributed by atoms with Crippen molar-refractivity contribution in [2.24, 2.45) is 5.92 Å². The summed E-state index contributed by atoms with van der Waals surface area (Å²) in [4.78, 5) is 17.3. The zero-order chi connectivity index (χ0) is 19.5. The van der Waals surface area contributed by atoms with Crippen molar-refractivity contribution in [2.45, 2.75) is 39.2 Å². The molecule has 2 aromatic carbocycles. The van der Waals surface area contributed by atoms with Crippen LogP contribution in [0.15, 0.2) is 36.4 Å². The van der Waals surface area contributed by atoms with Crippen LogP contribution in [0.2, 0.25) is 0 Å². The number of aromatic nitrogens is 1. The zero-order valence-corrected chi connectivity index (χ0v) is 16.7. The predicted octanol–water partition coefficient (Wildman–Crippen LogP) is 5.82. The largest absolute Gasteiger partial charge is 0.486 e. The molecule has 0 bridgehead atoms. The highest BCUT2D eigenvalue weighted by Gasteiger charge is 2.27. The van der Waals surface area contributed by atoms with Gasteiger partial charge in [-0.05, 0) is 36.8 Å². The molecule has 3 aromatic rings. The van der Waals surface area contributed by atoms with Crippen LogP contribution >= 0.6 is 11.3 Å². The molecule has 0 saturated carbocycles. The molecule has 28 heavy (non-hydrogen) atoms. The van der Waals surface area contributed by atoms with Crippen LogP contribution in [-0.2, 0) is 6.61 Å². The van der Waals surface area contributed by atoms with Gasteiger partial charge in [-0.25, -0.2) is 9.37 Å². The molecule has 0 amide bonds. The molecule has 1 atom stereocenters. The molecule has 1 aliphatic rings. The van der Waals surface area contributed by atoms with Gasteiger partial charge >= 0.3 is 0 Å². The molecule has 0 spiro atoms. The van der Waals surface area contributed by atoms with E-state index in [9.17, 15) is 9.18 Å². The number of nitrogens with zero attached hydrogens (tertiary/aromatic N) is 1. The lowest BCUT2D eigenvalue weighted by Crippen LogP contribution is -2.29. The summed E-state index contributed by atoms with van der Waals surface area (Å²) in [5, 5.41) is 4.15. The number of nitrogens with one attached hydrogen (secondary N) is 1. The van der Waals surface area contributed by atoms with Crippen LogP contribution in [0.3, 0.4) is 0 Å². The maximum absolute atomic E-state index is 13.3. The maximum Gasteiger partial charge on any atom is 0.169 e. The number of rotatable bonds is 7. The fourth-order valence-electron chi connectivity index (χ4n) is 3.55. The summed E-state index contributed by atoms with van der Waals surface area (Å²) in [6, 6.07) is 10.2. The second-order valence-corrected chi connectivity index (χ2v) is 8.27. The summed E-state index contributed by atoms with van der Waals surface area (Å²) in [5.74, 6) is 0.590. The number of carbonyl (C=O) groups excluding carboxylic acids is 1. The fourth-order valence-corrected chi connectivity index (χ4v) is 4.41. The molecule has 1 unspecified atom stereocenters. The Bertz CT molecular complexity index is 1000. The first-order valence-corrected chi connectivity index (χ1v) is 10.6. The summed E-state index contributed by atoms with van der Waals surface area (Å²) in [6.07, 6.45) is 4.32. The topological polar surface area (TPSA) is 51.2 Å². The van der Waals surface area contributed by atoms with Crippen LogP contribution in [0.5, 0.6) is 5.75 Å². The first-order valence-electron chi connectivity index (χ1n) is 9.74. The summed E-state index contributed by atoms with van der Waals surface area (Å²) >= 11 is 1.48. The molecule has 1 N–H and O–H groups in total. The molecule has 1 aromatic heterocycles. The molecular formula is C22H23FN2O2S. The van der Waals surface area contributed by atoms with Crippen molar-refractivity contribution in [3.8, 4) is 5.75 Å². The van der Waals surface area contributed by atoms with Crippen molar-refractivity contribution in [1.82, 2.24) is 4.98 Å². The van der Waals surface area contributed by atoms with E-state index in [0.29, 0.717) is 30.0 Å². The van der Waals surface area contributed by atoms with Crippen LogP contribution in [0.25, 0.3) is 10.2 Å². The first kappa shape index (κ1) is 18.9. The highest BCUT2D eigenvalue weighted by atomic mass is 32.1. The Morgan fingerprint density at radius 1 is 1.25 bits per heavy atom. The number of Topliss-reactive ketones (excluding diaryl/α,β-unsaturated/α-hetero) is 1. The predicted molar refractivity (Wildman–Crippen MR) is 111 cm³/mol. The summed E-state index contributed by atoms with van der Waals surface area (Å²) in [6.45, 7) is 3.17. The van der Waals surface area contributed by atoms with Gasteiger partial charge in [0.25, 0.3) is 0 Å². The van der Waals surface area contributed by atoms with Crippen LogP contribution in [0.4, 0.5) is 10.1 Å². The number of ketones is 1. The summed E-state index contributed by atoms with van der Waals surface area (Å²) in [7, 11) is 0. The van der Waals surface area contributed by atoms with Crippen LogP contribution in [0, 0.1) is 11.7 Å². The number of benzene rings is 2. The molecule has 0 saturated heterocycles. The summed E-state index contributed by atoms with van der Waals surface area (Å²) < 4.78 is 20.1. The quantitative estimate of drug-likeness (QED) is 0.510. The number of halogens is 1. The maximum atomic E-state index is 13.3. The Hall–Kier alpha value is -2.47. The van der Waals surface area contributed by atoms with Crippen molar-refractivity contribution >= 4 is 33.0 Å². The van der Waals surface area contributed by atoms with Gasteiger partial charge in [-0.2, -0.15) is 0 Å². The minimum absolute atomic E-state index is 0.0356. The molecule has 0 radical (unpaired) electrons. The molecule has 0 aliphatic carbocycles. The van der Waals surface area contributed by atoms with E-state index in [0.717, 1.165) is 41.1 Å². The van der Waals surface area contributed by atoms with Gasteiger partial charge < -0.3 is 10.1 Å². The van der Waals surface area contributed by atoms with Crippen molar-refractivity contribution in [3.63, 3.8) is 0 Å². The van der Waals surface area contributed by atoms with E-state index in [4.69, 9.17) is 4.74 Å². The van der Waals surface area contributed by atoms with E-state index in [1.165, 1.54) is 23.5 Å². The van der Waals surface area contributed by atoms with E-state index in [2.05, 4.69) is 17.2 Å². The van der Waals surface area contributed by atoms with Crippen molar-refractivity contribution in [1.29, 1.82) is 0 Å². The number of ether oxygens (including phenoxy) is 1. The smallest absolute Gasteiger partial charge is 0.169 e. The molecule has 0 fully saturated rings. The SMILES string of the molecule is CCCCCC1CNc2ccc(OCc3nc4cc(F)ccc4s3)cc2C1=O. The van der Waals surface area contributed by atoms with E-state index in [1.54, 1.807) is 6.07 Å². The van der Waals surface area contributed by atoms with Gasteiger partial charge in [-0.1, -0.05) is 26.2 Å². The van der Waals surface area contributed by atoms with Crippen LogP contribution in [0.1, 0.15) is 48.0 Å². The van der Waals surface area contributed by atoms with Gasteiger partial charge in [0.05, 0.1) is 10.2 Å². The third kappa shape index (κ3) is 4.02. The highest BCUT2D eigenvalue weighted by Crippen LogP contribution is 2.31. The molecule has 1 aliphatic heterocycles. The van der Waals surface area contributed by atoms with Crippen molar-refractivity contribution in [3.05, 3.63) is 52.8 Å². The first-order chi connectivity index (χ1) is 13.6. The molecule has 4 nitrogen and oxygen atoms in total. The number of fused-ring (bicyclic) bond motifs is 2. The lowest BCUT2D eigenvalue weighted by Gasteiger charge is -2.25. The number of unbranched alkanes of at least 4 members (excludes halogenated alkanes) is 2. The number of hydrogen-bond acceptors (Lipinski definition) is 5. The minimum Gasteiger partial charge on any atom is -0.486 e. The average Bonchev–Trinajstić information content (AvgIpc) is 3.10. The monoisotopic (exact) mass is 398 g/mol. The van der Waals surface area contributed by atoms with Gasteiger partial charge in [0.15, 0.2) is 5.78 Å². The Morgan fingerprint density at radius 2 is 2.14 bits per heavy atom. The normalized spacial score (nSPS) is 16.1. The van der Waals surface area contributed by atoms with Crippen LogP contribution in [-0.4, -0.2) is 17.3 Å². The lowest BCUT2D eigenvalue weighted by molar-refractivity contribution is 0.0913. The van der Waals surface area contributed by atoms with Gasteiger partial charge in [0, 0.05) is 29.8 Å². The molecular weight excluding hydrogens is 375 g/mol. The Morgan fingerprint density at radius 3 is 3.00 bits per heavy atom. The van der Waals surface area contributed by atoms with Crippen molar-refractivity contribution in [2.75, 3.05) is 11.9 Å². The third-order valence-electron chi connectivity index (χ3n) is 5.08. The minimum atomic E-state index is -0.292. The molecule has 2 heterocycles. The Labute approximate surface area is 167 Å². The fraction of sp³-hybridized carbons (Fsp3) is 0.364. The van der Waals surface area contributed by atoms with E-state index in [1.807, 2.05) is 18.2 Å². The van der Waals surface area contributed by atoms with E-state index in [-0.39, 0.29) is 17.5 Å². The highest BCUT2D eigenvalue weighted by molar-refractivity contribution is 7.18.